The molecule has 1 aliphatic carbocycles. The van der Waals surface area contributed by atoms with Crippen LogP contribution in [0.5, 0.6) is 5.75 Å². The van der Waals surface area contributed by atoms with Gasteiger partial charge >= 0.3 is 0 Å². The zero-order valence-electron chi connectivity index (χ0n) is 29.4. The summed E-state index contributed by atoms with van der Waals surface area (Å²) in [5, 5.41) is 4.66. The van der Waals surface area contributed by atoms with Crippen molar-refractivity contribution in [2.24, 2.45) is 0 Å². The number of benzene rings is 7. The Labute approximate surface area is 309 Å². The molecule has 0 amide bonds. The van der Waals surface area contributed by atoms with Crippen LogP contribution in [-0.4, -0.2) is 6.10 Å². The molecular weight excluding hydrogens is 645 g/mol. The van der Waals surface area contributed by atoms with Crippen molar-refractivity contribution in [2.45, 2.75) is 18.9 Å². The maximum Gasteiger partial charge on any atom is 0.143 e. The molecule has 0 radical (unpaired) electrons. The molecule has 2 aliphatic rings. The lowest BCUT2D eigenvalue weighted by Gasteiger charge is -2.21. The highest BCUT2D eigenvalue weighted by atomic mass is 16.5. The van der Waals surface area contributed by atoms with Gasteiger partial charge in [-0.05, 0) is 80.4 Å². The fourth-order valence-corrected chi connectivity index (χ4v) is 8.58. The summed E-state index contributed by atoms with van der Waals surface area (Å²) in [6, 6.07) is 47.8. The van der Waals surface area contributed by atoms with Gasteiger partial charge in [-0.25, -0.2) is 0 Å². The Balaban J connectivity index is 1.12. The lowest BCUT2D eigenvalue weighted by Crippen LogP contribution is -2.15. The third-order valence-electron chi connectivity index (χ3n) is 10.9. The first-order chi connectivity index (χ1) is 26.2. The monoisotopic (exact) mass is 680 g/mol. The van der Waals surface area contributed by atoms with Gasteiger partial charge < -0.3 is 9.15 Å². The van der Waals surface area contributed by atoms with E-state index in [4.69, 9.17) is 9.15 Å². The molecule has 7 aromatic carbocycles. The predicted octanol–water partition coefficient (Wildman–Crippen LogP) is 14.1. The van der Waals surface area contributed by atoms with E-state index in [0.717, 1.165) is 72.2 Å². The maximum atomic E-state index is 6.58. The lowest BCUT2D eigenvalue weighted by molar-refractivity contribution is 0.270. The number of rotatable bonds is 6. The van der Waals surface area contributed by atoms with Crippen molar-refractivity contribution in [3.63, 3.8) is 0 Å². The number of furan rings is 1. The second kappa shape index (κ2) is 12.5. The molecule has 0 saturated heterocycles. The van der Waals surface area contributed by atoms with E-state index in [9.17, 15) is 0 Å². The molecule has 2 nitrogen and oxygen atoms in total. The molecule has 53 heavy (non-hydrogen) atoms. The van der Waals surface area contributed by atoms with Crippen molar-refractivity contribution in [1.82, 2.24) is 0 Å². The fraction of sp³-hybridized carbons (Fsp3) is 0.0588. The first-order valence-corrected chi connectivity index (χ1v) is 18.3. The minimum absolute atomic E-state index is 0.0413. The standard InChI is InChI=1S/C51H36O2/c1-3-14-41-36(4-2)49(35-16-11-15-34(31-35)38-22-13-24-45-40-18-8-10-26-47(40)53-51(38)45)43-20-6-5-19-42(43)48(41)33-29-27-32(28-30-33)37-21-12-23-44-39-17-7-9-25-46(39)52-50(37)44/h3-31,40,47H,2H2,1H3/b14-3-. The second-order valence-electron chi connectivity index (χ2n) is 13.9. The van der Waals surface area contributed by atoms with E-state index in [0.29, 0.717) is 0 Å². The summed E-state index contributed by atoms with van der Waals surface area (Å²) < 4.78 is 13.0. The summed E-state index contributed by atoms with van der Waals surface area (Å²) in [6.07, 6.45) is 15.0. The molecule has 2 heteroatoms. The van der Waals surface area contributed by atoms with Crippen LogP contribution in [0.15, 0.2) is 175 Å². The molecule has 2 unspecified atom stereocenters. The van der Waals surface area contributed by atoms with Gasteiger partial charge in [0.05, 0.1) is 0 Å². The molecule has 0 fully saturated rings. The van der Waals surface area contributed by atoms with Crippen molar-refractivity contribution in [3.8, 4) is 50.3 Å². The molecule has 1 aromatic heterocycles. The van der Waals surface area contributed by atoms with Crippen LogP contribution < -0.4 is 4.74 Å². The Morgan fingerprint density at radius 2 is 1.23 bits per heavy atom. The summed E-state index contributed by atoms with van der Waals surface area (Å²) in [7, 11) is 0. The maximum absolute atomic E-state index is 6.58. The lowest BCUT2D eigenvalue weighted by atomic mass is 9.82. The van der Waals surface area contributed by atoms with Crippen LogP contribution in [0, 0.1) is 0 Å². The van der Waals surface area contributed by atoms with Crippen LogP contribution in [0.1, 0.15) is 29.5 Å². The van der Waals surface area contributed by atoms with Crippen LogP contribution in [0.2, 0.25) is 0 Å². The zero-order chi connectivity index (χ0) is 35.5. The molecule has 0 N–H and O–H groups in total. The first-order valence-electron chi connectivity index (χ1n) is 18.3. The summed E-state index contributed by atoms with van der Waals surface area (Å²) >= 11 is 0. The third kappa shape index (κ3) is 4.94. The first kappa shape index (κ1) is 31.1. The molecular formula is C51H36O2. The number of hydrogen-bond acceptors (Lipinski definition) is 2. The Bertz CT molecular complexity index is 2840. The van der Waals surface area contributed by atoms with E-state index in [2.05, 4.69) is 171 Å². The minimum atomic E-state index is 0.0413. The van der Waals surface area contributed by atoms with Gasteiger partial charge in [0.1, 0.15) is 23.0 Å². The van der Waals surface area contributed by atoms with Gasteiger partial charge in [-0.1, -0.05) is 164 Å². The zero-order valence-corrected chi connectivity index (χ0v) is 29.4. The topological polar surface area (TPSA) is 22.4 Å². The normalized spacial score (nSPS) is 16.0. The third-order valence-corrected chi connectivity index (χ3v) is 10.9. The molecule has 8 aromatic rings. The Morgan fingerprint density at radius 1 is 0.566 bits per heavy atom. The quantitative estimate of drug-likeness (QED) is 0.174. The molecule has 252 valence electrons. The number of ether oxygens (including phenoxy) is 1. The Kier molecular flexibility index (Phi) is 7.37. The van der Waals surface area contributed by atoms with Gasteiger partial charge in [-0.2, -0.15) is 0 Å². The summed E-state index contributed by atoms with van der Waals surface area (Å²) in [5.41, 5.74) is 14.5. The van der Waals surface area contributed by atoms with Gasteiger partial charge in [-0.15, -0.1) is 0 Å². The van der Waals surface area contributed by atoms with E-state index in [1.807, 2.05) is 18.2 Å². The Morgan fingerprint density at radius 3 is 2.04 bits per heavy atom. The SMILES string of the molecule is C=Cc1c(/C=C\C)c(-c2ccc(-c3cccc4c3oc3ccccc34)cc2)c2ccccc2c1-c1cccc(-c2cccc3c2OC2C=CC=CC32)c1. The van der Waals surface area contributed by atoms with E-state index >= 15 is 0 Å². The largest absolute Gasteiger partial charge is 0.484 e. The fourth-order valence-electron chi connectivity index (χ4n) is 8.58. The average Bonchev–Trinajstić information content (AvgIpc) is 3.79. The highest BCUT2D eigenvalue weighted by Crippen LogP contribution is 2.48. The minimum Gasteiger partial charge on any atom is -0.484 e. The number of allylic oxidation sites excluding steroid dienone is 3. The summed E-state index contributed by atoms with van der Waals surface area (Å²) in [4.78, 5) is 0. The molecule has 1 aliphatic heterocycles. The highest BCUT2D eigenvalue weighted by Gasteiger charge is 2.33. The van der Waals surface area contributed by atoms with E-state index in [1.54, 1.807) is 0 Å². The summed E-state index contributed by atoms with van der Waals surface area (Å²) in [5.74, 6) is 1.23. The van der Waals surface area contributed by atoms with Gasteiger partial charge in [-0.3, -0.25) is 0 Å². The molecule has 10 rings (SSSR count). The van der Waals surface area contributed by atoms with Crippen molar-refractivity contribution in [1.29, 1.82) is 0 Å². The van der Waals surface area contributed by atoms with Gasteiger partial charge in [0.15, 0.2) is 0 Å². The Hall–Kier alpha value is -6.64. The molecule has 2 atom stereocenters. The van der Waals surface area contributed by atoms with Crippen LogP contribution in [0.25, 0.3) is 89.4 Å². The van der Waals surface area contributed by atoms with E-state index in [-0.39, 0.29) is 12.0 Å². The second-order valence-corrected chi connectivity index (χ2v) is 13.9. The van der Waals surface area contributed by atoms with Gasteiger partial charge in [0.25, 0.3) is 0 Å². The van der Waals surface area contributed by atoms with E-state index < -0.39 is 0 Å². The van der Waals surface area contributed by atoms with Crippen LogP contribution in [0.3, 0.4) is 0 Å². The highest BCUT2D eigenvalue weighted by molar-refractivity contribution is 6.13. The smallest absolute Gasteiger partial charge is 0.143 e. The van der Waals surface area contributed by atoms with Crippen molar-refractivity contribution in [2.75, 3.05) is 0 Å². The number of para-hydroxylation sites is 3. The van der Waals surface area contributed by atoms with Crippen molar-refractivity contribution >= 4 is 44.9 Å². The van der Waals surface area contributed by atoms with Crippen LogP contribution >= 0.6 is 0 Å². The predicted molar refractivity (Wildman–Crippen MR) is 223 cm³/mol. The summed E-state index contributed by atoms with van der Waals surface area (Å²) in [6.45, 7) is 6.48. The van der Waals surface area contributed by atoms with Crippen molar-refractivity contribution < 1.29 is 9.15 Å². The average molecular weight is 681 g/mol. The molecule has 0 bridgehead atoms. The van der Waals surface area contributed by atoms with Crippen LogP contribution in [-0.2, 0) is 0 Å². The molecule has 0 saturated carbocycles. The van der Waals surface area contributed by atoms with Gasteiger partial charge in [0.2, 0.25) is 0 Å². The van der Waals surface area contributed by atoms with Crippen LogP contribution in [0.4, 0.5) is 0 Å². The molecule has 0 spiro atoms. The number of fused-ring (bicyclic) bond motifs is 7. The number of hydrogen-bond donors (Lipinski definition) is 0. The van der Waals surface area contributed by atoms with E-state index in [1.165, 1.54) is 27.5 Å². The molecule has 2 heterocycles. The van der Waals surface area contributed by atoms with Crippen molar-refractivity contribution in [3.05, 3.63) is 187 Å². The van der Waals surface area contributed by atoms with Gasteiger partial charge in [0, 0.05) is 33.4 Å².